The summed E-state index contributed by atoms with van der Waals surface area (Å²) in [5.41, 5.74) is 0. The molecular formula is C8H13N3O3. The summed E-state index contributed by atoms with van der Waals surface area (Å²) in [6, 6.07) is -0.484. The lowest BCUT2D eigenvalue weighted by Crippen LogP contribution is -2.58. The minimum atomic E-state index is -0.477. The van der Waals surface area contributed by atoms with E-state index in [0.29, 0.717) is 25.9 Å². The van der Waals surface area contributed by atoms with E-state index in [-0.39, 0.29) is 22.8 Å². The summed E-state index contributed by atoms with van der Waals surface area (Å²) >= 11 is 0. The van der Waals surface area contributed by atoms with E-state index in [1.807, 2.05) is 0 Å². The van der Waals surface area contributed by atoms with Crippen LogP contribution >= 0.6 is 0 Å². The summed E-state index contributed by atoms with van der Waals surface area (Å²) in [5.74, 6) is -0.0319. The van der Waals surface area contributed by atoms with Crippen molar-refractivity contribution in [1.29, 1.82) is 0 Å². The zero-order valence-corrected chi connectivity index (χ0v) is 7.73. The third kappa shape index (κ3) is 1.57. The van der Waals surface area contributed by atoms with E-state index in [9.17, 15) is 14.9 Å². The maximum atomic E-state index is 11.4. The molecule has 6 heteroatoms. The lowest BCUT2D eigenvalue weighted by molar-refractivity contribution is -0.527. The van der Waals surface area contributed by atoms with Crippen molar-refractivity contribution >= 4 is 5.91 Å². The fourth-order valence-corrected chi connectivity index (χ4v) is 2.28. The van der Waals surface area contributed by atoms with Gasteiger partial charge in [-0.1, -0.05) is 0 Å². The van der Waals surface area contributed by atoms with Crippen LogP contribution < -0.4 is 10.6 Å². The van der Waals surface area contributed by atoms with Gasteiger partial charge in [0, 0.05) is 23.8 Å². The molecule has 1 saturated heterocycles. The van der Waals surface area contributed by atoms with E-state index in [0.717, 1.165) is 0 Å². The van der Waals surface area contributed by atoms with Gasteiger partial charge in [-0.15, -0.1) is 0 Å². The van der Waals surface area contributed by atoms with Gasteiger partial charge in [0.2, 0.25) is 11.9 Å². The van der Waals surface area contributed by atoms with Gasteiger partial charge in [-0.25, -0.2) is 0 Å². The molecule has 2 N–H and O–H groups in total. The molecule has 0 bridgehead atoms. The first-order chi connectivity index (χ1) is 6.68. The first-order valence-electron chi connectivity index (χ1n) is 4.83. The first-order valence-corrected chi connectivity index (χ1v) is 4.83. The number of nitrogens with zero attached hydrogens (tertiary/aromatic N) is 1. The maximum absolute atomic E-state index is 11.4. The Labute approximate surface area is 81.2 Å². The molecule has 1 saturated carbocycles. The van der Waals surface area contributed by atoms with Crippen LogP contribution in [0.3, 0.4) is 0 Å². The van der Waals surface area contributed by atoms with Gasteiger partial charge in [0.05, 0.1) is 12.6 Å². The van der Waals surface area contributed by atoms with Gasteiger partial charge < -0.3 is 5.32 Å². The SMILES string of the molecule is O=C1NCNC2CC([N+](=O)[O-])CCC12. The summed E-state index contributed by atoms with van der Waals surface area (Å²) in [6.07, 6.45) is 1.61. The monoisotopic (exact) mass is 199 g/mol. The third-order valence-corrected chi connectivity index (χ3v) is 3.08. The molecule has 0 aromatic heterocycles. The average Bonchev–Trinajstić information content (AvgIpc) is 2.17. The number of amides is 1. The van der Waals surface area contributed by atoms with Gasteiger partial charge in [0.15, 0.2) is 0 Å². The number of rotatable bonds is 1. The van der Waals surface area contributed by atoms with Crippen molar-refractivity contribution in [3.05, 3.63) is 10.1 Å². The van der Waals surface area contributed by atoms with Gasteiger partial charge in [-0.2, -0.15) is 0 Å². The molecule has 2 fully saturated rings. The molecule has 0 spiro atoms. The number of carbonyl (C=O) groups is 1. The van der Waals surface area contributed by atoms with Crippen molar-refractivity contribution in [2.75, 3.05) is 6.67 Å². The van der Waals surface area contributed by atoms with E-state index in [2.05, 4.69) is 10.6 Å². The maximum Gasteiger partial charge on any atom is 0.225 e. The van der Waals surface area contributed by atoms with Crippen LogP contribution in [0.15, 0.2) is 0 Å². The van der Waals surface area contributed by atoms with Crippen molar-refractivity contribution in [2.45, 2.75) is 31.3 Å². The summed E-state index contributed by atoms with van der Waals surface area (Å²) in [5, 5.41) is 16.4. The van der Waals surface area contributed by atoms with Crippen LogP contribution in [0.2, 0.25) is 0 Å². The molecule has 1 amide bonds. The highest BCUT2D eigenvalue weighted by Crippen LogP contribution is 2.27. The van der Waals surface area contributed by atoms with Crippen molar-refractivity contribution in [3.8, 4) is 0 Å². The molecule has 78 valence electrons. The first kappa shape index (κ1) is 9.39. The van der Waals surface area contributed by atoms with Gasteiger partial charge in [0.1, 0.15) is 0 Å². The standard InChI is InChI=1S/C8H13N3O3/c12-8-6-2-1-5(11(13)14)3-7(6)9-4-10-8/h5-7,9H,1-4H2,(H,10,12). The number of carbonyl (C=O) groups excluding carboxylic acids is 1. The van der Waals surface area contributed by atoms with Gasteiger partial charge >= 0.3 is 0 Å². The molecule has 6 nitrogen and oxygen atoms in total. The van der Waals surface area contributed by atoms with E-state index >= 15 is 0 Å². The predicted octanol–water partition coefficient (Wildman–Crippen LogP) is -0.523. The van der Waals surface area contributed by atoms with E-state index < -0.39 is 6.04 Å². The van der Waals surface area contributed by atoms with Crippen LogP contribution in [0.5, 0.6) is 0 Å². The predicted molar refractivity (Wildman–Crippen MR) is 48.1 cm³/mol. The lowest BCUT2D eigenvalue weighted by Gasteiger charge is -2.36. The zero-order valence-electron chi connectivity index (χ0n) is 7.73. The van der Waals surface area contributed by atoms with E-state index in [1.54, 1.807) is 0 Å². The molecule has 0 aromatic carbocycles. The fraction of sp³-hybridized carbons (Fsp3) is 0.875. The van der Waals surface area contributed by atoms with Gasteiger partial charge in [-0.05, 0) is 6.42 Å². The molecule has 3 atom stereocenters. The third-order valence-electron chi connectivity index (χ3n) is 3.08. The number of hydrogen-bond acceptors (Lipinski definition) is 4. The summed E-state index contributed by atoms with van der Waals surface area (Å²) in [6.45, 7) is 0.435. The Hall–Kier alpha value is -1.17. The molecule has 2 rings (SSSR count). The molecule has 1 aliphatic heterocycles. The largest absolute Gasteiger partial charge is 0.343 e. The van der Waals surface area contributed by atoms with Crippen molar-refractivity contribution in [3.63, 3.8) is 0 Å². The summed E-state index contributed by atoms with van der Waals surface area (Å²) in [7, 11) is 0. The summed E-state index contributed by atoms with van der Waals surface area (Å²) < 4.78 is 0. The normalized spacial score (nSPS) is 37.1. The van der Waals surface area contributed by atoms with Crippen molar-refractivity contribution in [2.24, 2.45) is 5.92 Å². The average molecular weight is 199 g/mol. The van der Waals surface area contributed by atoms with Crippen LogP contribution in [-0.2, 0) is 4.79 Å². The summed E-state index contributed by atoms with van der Waals surface area (Å²) in [4.78, 5) is 21.7. The Balaban J connectivity index is 2.03. The molecule has 1 aliphatic carbocycles. The van der Waals surface area contributed by atoms with Gasteiger partial charge in [-0.3, -0.25) is 20.2 Å². The van der Waals surface area contributed by atoms with Gasteiger partial charge in [0.25, 0.3) is 0 Å². The highest BCUT2D eigenvalue weighted by atomic mass is 16.6. The van der Waals surface area contributed by atoms with Crippen LogP contribution in [0, 0.1) is 16.0 Å². The second-order valence-electron chi connectivity index (χ2n) is 3.89. The minimum absolute atomic E-state index is 0.00657. The highest BCUT2D eigenvalue weighted by Gasteiger charge is 2.41. The van der Waals surface area contributed by atoms with Crippen molar-refractivity contribution < 1.29 is 9.72 Å². The minimum Gasteiger partial charge on any atom is -0.343 e. The molecule has 1 heterocycles. The lowest BCUT2D eigenvalue weighted by atomic mass is 9.80. The molecule has 14 heavy (non-hydrogen) atoms. The Kier molecular flexibility index (Phi) is 2.37. The van der Waals surface area contributed by atoms with E-state index in [4.69, 9.17) is 0 Å². The Morgan fingerprint density at radius 1 is 1.43 bits per heavy atom. The number of nitro groups is 1. The smallest absolute Gasteiger partial charge is 0.225 e. The van der Waals surface area contributed by atoms with Crippen LogP contribution in [0.1, 0.15) is 19.3 Å². The van der Waals surface area contributed by atoms with E-state index in [1.165, 1.54) is 0 Å². The number of fused-ring (bicyclic) bond motifs is 1. The number of hydrogen-bond donors (Lipinski definition) is 2. The fourth-order valence-electron chi connectivity index (χ4n) is 2.28. The molecule has 2 aliphatic rings. The Morgan fingerprint density at radius 2 is 2.21 bits per heavy atom. The topological polar surface area (TPSA) is 84.3 Å². The quantitative estimate of drug-likeness (QED) is 0.439. The van der Waals surface area contributed by atoms with Crippen LogP contribution in [0.25, 0.3) is 0 Å². The Morgan fingerprint density at radius 3 is 2.93 bits per heavy atom. The van der Waals surface area contributed by atoms with Crippen molar-refractivity contribution in [1.82, 2.24) is 10.6 Å². The molecule has 0 aromatic rings. The molecule has 0 radical (unpaired) electrons. The molecular weight excluding hydrogens is 186 g/mol. The molecule has 3 unspecified atom stereocenters. The zero-order chi connectivity index (χ0) is 10.1. The second kappa shape index (κ2) is 3.53. The Bertz CT molecular complexity index is 269. The second-order valence-corrected chi connectivity index (χ2v) is 3.89. The number of nitrogens with one attached hydrogen (secondary N) is 2. The van der Waals surface area contributed by atoms with Crippen LogP contribution in [0.4, 0.5) is 0 Å². The van der Waals surface area contributed by atoms with Crippen LogP contribution in [-0.4, -0.2) is 29.6 Å². The highest BCUT2D eigenvalue weighted by molar-refractivity contribution is 5.80.